The Kier molecular flexibility index (Phi) is 119. The zero-order valence-electron chi connectivity index (χ0n) is 67.9. The Labute approximate surface area is 631 Å². The summed E-state index contributed by atoms with van der Waals surface area (Å²) in [7, 11) is 0. The lowest BCUT2D eigenvalue weighted by Crippen LogP contribution is -1.93. The third-order valence-corrected chi connectivity index (χ3v) is 16.7. The molecule has 1 rings (SSSR count). The van der Waals surface area contributed by atoms with E-state index in [-0.39, 0.29) is 0 Å². The van der Waals surface area contributed by atoms with Gasteiger partial charge in [0.2, 0.25) is 0 Å². The number of para-hydroxylation sites is 1. The molecule has 0 saturated heterocycles. The van der Waals surface area contributed by atoms with Crippen molar-refractivity contribution < 1.29 is 84.3 Å². The van der Waals surface area contributed by atoms with Crippen molar-refractivity contribution in [2.24, 2.45) is 0 Å². The average Bonchev–Trinajstić information content (AvgIpc) is 1.50. The van der Waals surface area contributed by atoms with Gasteiger partial charge in [-0.2, -0.15) is 0 Å². The van der Waals surface area contributed by atoms with Crippen molar-refractivity contribution in [1.29, 1.82) is 0 Å². The highest BCUT2D eigenvalue weighted by Crippen LogP contribution is 2.15. The molecule has 0 spiro atoms. The van der Waals surface area contributed by atoms with E-state index in [1.165, 1.54) is 257 Å². The highest BCUT2D eigenvalue weighted by Gasteiger charge is 2.02. The minimum Gasteiger partial charge on any atom is -0.508 e. The molecule has 0 atom stereocenters. The molecule has 9 N–H and O–H groups in total. The summed E-state index contributed by atoms with van der Waals surface area (Å²) in [4.78, 5) is 81.1. The van der Waals surface area contributed by atoms with E-state index >= 15 is 0 Å². The number of unbranched alkanes of at least 4 members (excludes halogenated alkanes) is 48. The molecule has 0 bridgehead atoms. The van der Waals surface area contributed by atoms with Crippen molar-refractivity contribution in [3.63, 3.8) is 0 Å². The predicted molar refractivity (Wildman–Crippen MR) is 430 cm³/mol. The van der Waals surface area contributed by atoms with Gasteiger partial charge in [0, 0.05) is 51.4 Å². The molecule has 1 aromatic rings. The lowest BCUT2D eigenvalue weighted by molar-refractivity contribution is -0.138. The van der Waals surface area contributed by atoms with Gasteiger partial charge < -0.3 is 46.0 Å². The molecule has 0 saturated carbocycles. The molecule has 17 nitrogen and oxygen atoms in total. The molecular weight excluding hydrogens is 1300 g/mol. The third-order valence-electron chi connectivity index (χ3n) is 16.7. The zero-order chi connectivity index (χ0) is 79.0. The standard InChI is InChI=1S/8C10H20O2.C6H6O/c8*1-2-3-4-5-6-7-8-9-10(11)12;7-6-4-2-1-3-5-6/h8*2-9H2,1H3,(H,11,12);1-5,7H. The molecule has 0 radical (unpaired) electrons. The molecule has 0 aliphatic carbocycles. The Hall–Kier alpha value is -5.22. The van der Waals surface area contributed by atoms with Gasteiger partial charge >= 0.3 is 47.8 Å². The highest BCUT2D eigenvalue weighted by molar-refractivity contribution is 5.68. The normalized spacial score (nSPS) is 9.98. The van der Waals surface area contributed by atoms with Crippen LogP contribution in [0.5, 0.6) is 5.75 Å². The fourth-order valence-corrected chi connectivity index (χ4v) is 10.3. The van der Waals surface area contributed by atoms with Crippen molar-refractivity contribution >= 4 is 47.8 Å². The quantitative estimate of drug-likeness (QED) is 0.0274. The second kappa shape index (κ2) is 108. The van der Waals surface area contributed by atoms with Crippen LogP contribution >= 0.6 is 0 Å². The van der Waals surface area contributed by atoms with Gasteiger partial charge in [-0.25, -0.2) is 0 Å². The summed E-state index contributed by atoms with van der Waals surface area (Å²) >= 11 is 0. The highest BCUT2D eigenvalue weighted by atomic mass is 16.4. The summed E-state index contributed by atoms with van der Waals surface area (Å²) in [5.41, 5.74) is 0. The minimum atomic E-state index is -0.663. The number of rotatable bonds is 64. The van der Waals surface area contributed by atoms with Gasteiger partial charge in [-0.05, 0) is 63.5 Å². The van der Waals surface area contributed by atoms with E-state index in [2.05, 4.69) is 55.4 Å². The van der Waals surface area contributed by atoms with Crippen molar-refractivity contribution in [2.75, 3.05) is 0 Å². The molecule has 0 aliphatic heterocycles. The number of carboxylic acids is 8. The molecule has 103 heavy (non-hydrogen) atoms. The number of carboxylic acid groups (broad SMARTS) is 8. The zero-order valence-corrected chi connectivity index (χ0v) is 67.9. The fourth-order valence-electron chi connectivity index (χ4n) is 10.3. The third kappa shape index (κ3) is 155. The van der Waals surface area contributed by atoms with Crippen LogP contribution in [-0.4, -0.2) is 93.7 Å². The monoisotopic (exact) mass is 1470 g/mol. The summed E-state index contributed by atoms with van der Waals surface area (Å²) in [5.74, 6) is -4.99. The Morgan fingerprint density at radius 1 is 0.175 bits per heavy atom. The van der Waals surface area contributed by atoms with E-state index in [9.17, 15) is 38.4 Å². The lowest BCUT2D eigenvalue weighted by atomic mass is 10.1. The predicted octanol–water partition coefficient (Wildman–Crippen LogP) is 27.1. The second-order valence-corrected chi connectivity index (χ2v) is 27.5. The van der Waals surface area contributed by atoms with Gasteiger partial charge in [-0.15, -0.1) is 0 Å². The van der Waals surface area contributed by atoms with E-state index in [4.69, 9.17) is 46.0 Å². The van der Waals surface area contributed by atoms with Crippen molar-refractivity contribution in [1.82, 2.24) is 0 Å². The number of benzene rings is 1. The number of hydrogen-bond acceptors (Lipinski definition) is 9. The van der Waals surface area contributed by atoms with Crippen molar-refractivity contribution in [3.05, 3.63) is 30.3 Å². The molecule has 0 heterocycles. The van der Waals surface area contributed by atoms with Gasteiger partial charge in [0.25, 0.3) is 0 Å². The number of aromatic hydroxyl groups is 1. The Morgan fingerprint density at radius 2 is 0.272 bits per heavy atom. The molecule has 0 amide bonds. The number of hydrogen-bond donors (Lipinski definition) is 9. The Balaban J connectivity index is -0.000000165. The number of phenolic OH excluding ortho intramolecular Hbond substituents is 1. The van der Waals surface area contributed by atoms with Crippen LogP contribution in [0.3, 0.4) is 0 Å². The summed E-state index contributed by atoms with van der Waals surface area (Å²) in [6, 6.07) is 8.71. The molecule has 0 aliphatic rings. The first-order valence-electron chi connectivity index (χ1n) is 42.0. The van der Waals surface area contributed by atoms with Crippen LogP contribution in [0.4, 0.5) is 0 Å². The van der Waals surface area contributed by atoms with E-state index in [1.54, 1.807) is 24.3 Å². The van der Waals surface area contributed by atoms with E-state index in [0.717, 1.165) is 103 Å². The van der Waals surface area contributed by atoms with Crippen LogP contribution in [0.1, 0.15) is 466 Å². The number of carbonyl (C=O) groups is 8. The molecule has 0 aromatic heterocycles. The van der Waals surface area contributed by atoms with Crippen molar-refractivity contribution in [3.8, 4) is 5.75 Å². The number of aliphatic carboxylic acids is 8. The average molecular weight is 1470 g/mol. The van der Waals surface area contributed by atoms with Crippen LogP contribution in [0.15, 0.2) is 30.3 Å². The molecule has 0 fully saturated rings. The number of phenols is 1. The van der Waals surface area contributed by atoms with Gasteiger partial charge in [0.15, 0.2) is 0 Å². The first-order chi connectivity index (χ1) is 49.6. The van der Waals surface area contributed by atoms with Crippen LogP contribution in [0, 0.1) is 0 Å². The molecule has 612 valence electrons. The van der Waals surface area contributed by atoms with Crippen LogP contribution in [0.2, 0.25) is 0 Å². The summed E-state index contributed by atoms with van der Waals surface area (Å²) in [5, 5.41) is 75.5. The van der Waals surface area contributed by atoms with Gasteiger partial charge in [-0.3, -0.25) is 38.4 Å². The van der Waals surface area contributed by atoms with Gasteiger partial charge in [-0.1, -0.05) is 382 Å². The van der Waals surface area contributed by atoms with E-state index < -0.39 is 47.8 Å². The summed E-state index contributed by atoms with van der Waals surface area (Å²) < 4.78 is 0. The maximum absolute atomic E-state index is 10.1. The second-order valence-electron chi connectivity index (χ2n) is 27.5. The van der Waals surface area contributed by atoms with Crippen LogP contribution < -0.4 is 0 Å². The van der Waals surface area contributed by atoms with Gasteiger partial charge in [0.1, 0.15) is 5.75 Å². The first-order valence-corrected chi connectivity index (χ1v) is 42.0. The maximum atomic E-state index is 10.1. The van der Waals surface area contributed by atoms with E-state index in [1.807, 2.05) is 6.07 Å². The van der Waals surface area contributed by atoms with Gasteiger partial charge in [0.05, 0.1) is 0 Å². The fraction of sp³-hybridized carbons (Fsp3) is 0.837. The smallest absolute Gasteiger partial charge is 0.303 e. The first kappa shape index (κ1) is 114. The minimum absolute atomic E-state index is 0.322. The Bertz CT molecular complexity index is 1510. The lowest BCUT2D eigenvalue weighted by Gasteiger charge is -1.98. The summed E-state index contributed by atoms with van der Waals surface area (Å²) in [6.07, 6.45) is 69.1. The van der Waals surface area contributed by atoms with Crippen molar-refractivity contribution in [2.45, 2.75) is 466 Å². The maximum Gasteiger partial charge on any atom is 0.303 e. The topological polar surface area (TPSA) is 319 Å². The molecular formula is C86H166O17. The SMILES string of the molecule is CCCCCCCCCC(=O)O.CCCCCCCCCC(=O)O.CCCCCCCCCC(=O)O.CCCCCCCCCC(=O)O.CCCCCCCCCC(=O)O.CCCCCCCCCC(=O)O.CCCCCCCCCC(=O)O.CCCCCCCCCC(=O)O.Oc1ccccc1. The largest absolute Gasteiger partial charge is 0.508 e. The molecule has 17 heteroatoms. The Morgan fingerprint density at radius 3 is 0.350 bits per heavy atom. The van der Waals surface area contributed by atoms with Crippen LogP contribution in [-0.2, 0) is 38.4 Å². The van der Waals surface area contributed by atoms with E-state index in [0.29, 0.717) is 57.1 Å². The van der Waals surface area contributed by atoms with Crippen LogP contribution in [0.25, 0.3) is 0 Å². The molecule has 0 unspecified atom stereocenters. The summed E-state index contributed by atoms with van der Waals surface area (Å²) in [6.45, 7) is 17.6. The molecule has 1 aromatic carbocycles.